The minimum atomic E-state index is 0.0425. The molecule has 0 amide bonds. The summed E-state index contributed by atoms with van der Waals surface area (Å²) in [6.07, 6.45) is 1.46. The van der Waals surface area contributed by atoms with Gasteiger partial charge in [0.1, 0.15) is 11.5 Å². The highest BCUT2D eigenvalue weighted by Gasteiger charge is 2.16. The van der Waals surface area contributed by atoms with Crippen LogP contribution in [0, 0.1) is 0 Å². The summed E-state index contributed by atoms with van der Waals surface area (Å²) >= 11 is 0. The molecule has 0 aliphatic heterocycles. The smallest absolute Gasteiger partial charge is 0.140 e. The van der Waals surface area contributed by atoms with E-state index in [1.54, 1.807) is 7.11 Å². The molecular formula is C13H18O2. The molecule has 0 heterocycles. The Morgan fingerprint density at radius 3 is 2.27 bits per heavy atom. The Kier molecular flexibility index (Phi) is 4.35. The first-order valence-electron chi connectivity index (χ1n) is 5.39. The van der Waals surface area contributed by atoms with E-state index >= 15 is 0 Å². The van der Waals surface area contributed by atoms with Crippen LogP contribution in [-0.2, 0) is 4.79 Å². The number of benzene rings is 1. The second kappa shape index (κ2) is 5.54. The van der Waals surface area contributed by atoms with E-state index in [-0.39, 0.29) is 5.92 Å². The van der Waals surface area contributed by atoms with Gasteiger partial charge in [0.25, 0.3) is 0 Å². The van der Waals surface area contributed by atoms with E-state index in [1.807, 2.05) is 38.1 Å². The van der Waals surface area contributed by atoms with Crippen molar-refractivity contribution in [2.75, 3.05) is 7.11 Å². The fourth-order valence-electron chi connectivity index (χ4n) is 1.73. The molecule has 0 aromatic heterocycles. The van der Waals surface area contributed by atoms with Crippen LogP contribution >= 0.6 is 0 Å². The molecule has 0 saturated carbocycles. The number of carbonyl (C=O) groups is 1. The van der Waals surface area contributed by atoms with Gasteiger partial charge in [-0.1, -0.05) is 26.0 Å². The highest BCUT2D eigenvalue weighted by atomic mass is 16.5. The maximum absolute atomic E-state index is 11.7. The molecule has 1 aromatic carbocycles. The van der Waals surface area contributed by atoms with E-state index in [0.717, 1.165) is 17.7 Å². The van der Waals surface area contributed by atoms with E-state index in [2.05, 4.69) is 0 Å². The van der Waals surface area contributed by atoms with Crippen LogP contribution in [0.2, 0.25) is 0 Å². The zero-order valence-electron chi connectivity index (χ0n) is 9.62. The molecule has 0 N–H and O–H groups in total. The third kappa shape index (κ3) is 2.82. The number of methoxy groups -OCH3 is 1. The molecule has 0 aliphatic rings. The topological polar surface area (TPSA) is 26.3 Å². The van der Waals surface area contributed by atoms with Crippen LogP contribution in [0.4, 0.5) is 0 Å². The van der Waals surface area contributed by atoms with Gasteiger partial charge in [0.05, 0.1) is 7.11 Å². The Balaban J connectivity index is 2.87. The summed E-state index contributed by atoms with van der Waals surface area (Å²) in [6.45, 7) is 3.96. The molecule has 0 radical (unpaired) electrons. The van der Waals surface area contributed by atoms with E-state index in [1.165, 1.54) is 0 Å². The lowest BCUT2D eigenvalue weighted by molar-refractivity contribution is -0.120. The summed E-state index contributed by atoms with van der Waals surface area (Å²) in [6, 6.07) is 7.75. The van der Waals surface area contributed by atoms with Crippen LogP contribution < -0.4 is 4.74 Å². The van der Waals surface area contributed by atoms with Gasteiger partial charge >= 0.3 is 0 Å². The second-order valence-corrected chi connectivity index (χ2v) is 3.55. The van der Waals surface area contributed by atoms with Gasteiger partial charge in [0.15, 0.2) is 0 Å². The van der Waals surface area contributed by atoms with E-state index in [4.69, 9.17) is 4.74 Å². The van der Waals surface area contributed by atoms with Gasteiger partial charge in [-0.05, 0) is 24.1 Å². The van der Waals surface area contributed by atoms with Gasteiger partial charge in [0, 0.05) is 12.3 Å². The molecule has 0 bridgehead atoms. The van der Waals surface area contributed by atoms with E-state index in [0.29, 0.717) is 12.2 Å². The van der Waals surface area contributed by atoms with Gasteiger partial charge in [0.2, 0.25) is 0 Å². The summed E-state index contributed by atoms with van der Waals surface area (Å²) in [7, 11) is 1.64. The maximum atomic E-state index is 11.7. The Morgan fingerprint density at radius 2 is 1.87 bits per heavy atom. The summed E-state index contributed by atoms with van der Waals surface area (Å²) < 4.78 is 5.08. The summed E-state index contributed by atoms with van der Waals surface area (Å²) in [5, 5.41) is 0. The van der Waals surface area contributed by atoms with Crippen LogP contribution in [0.1, 0.15) is 38.2 Å². The van der Waals surface area contributed by atoms with E-state index < -0.39 is 0 Å². The van der Waals surface area contributed by atoms with Crippen molar-refractivity contribution in [3.63, 3.8) is 0 Å². The molecular weight excluding hydrogens is 188 g/mol. The lowest BCUT2D eigenvalue weighted by atomic mass is 9.91. The van der Waals surface area contributed by atoms with Crippen molar-refractivity contribution in [3.05, 3.63) is 29.8 Å². The number of carbonyl (C=O) groups excluding carboxylic acids is 1. The third-order valence-corrected chi connectivity index (χ3v) is 2.66. The average Bonchev–Trinajstić information content (AvgIpc) is 2.30. The largest absolute Gasteiger partial charge is 0.497 e. The van der Waals surface area contributed by atoms with Gasteiger partial charge in [-0.25, -0.2) is 0 Å². The van der Waals surface area contributed by atoms with Crippen molar-refractivity contribution in [3.8, 4) is 5.75 Å². The Morgan fingerprint density at radius 1 is 1.27 bits per heavy atom. The van der Waals surface area contributed by atoms with Crippen molar-refractivity contribution in [1.82, 2.24) is 0 Å². The molecule has 0 spiro atoms. The fraction of sp³-hybridized carbons (Fsp3) is 0.462. The number of hydrogen-bond donors (Lipinski definition) is 0. The molecule has 1 rings (SSSR count). The molecule has 1 atom stereocenters. The number of rotatable bonds is 5. The maximum Gasteiger partial charge on any atom is 0.140 e. The average molecular weight is 206 g/mol. The normalized spacial score (nSPS) is 12.2. The van der Waals surface area contributed by atoms with Crippen LogP contribution in [0.3, 0.4) is 0 Å². The summed E-state index contributed by atoms with van der Waals surface area (Å²) in [4.78, 5) is 11.7. The third-order valence-electron chi connectivity index (χ3n) is 2.66. The Bertz CT molecular complexity index is 314. The number of hydrogen-bond acceptors (Lipinski definition) is 2. The van der Waals surface area contributed by atoms with Crippen LogP contribution in [0.25, 0.3) is 0 Å². The molecule has 0 saturated heterocycles. The number of ether oxygens (including phenoxy) is 1. The molecule has 1 aromatic rings. The first-order valence-corrected chi connectivity index (χ1v) is 5.39. The van der Waals surface area contributed by atoms with Crippen molar-refractivity contribution in [2.45, 2.75) is 32.6 Å². The standard InChI is InChI=1S/C13H18O2/c1-4-12(13(14)5-2)10-6-8-11(15-3)9-7-10/h6-9,12H,4-5H2,1-3H3/t12-/m1/s1. The van der Waals surface area contributed by atoms with E-state index in [9.17, 15) is 4.79 Å². The molecule has 0 aliphatic carbocycles. The summed E-state index contributed by atoms with van der Waals surface area (Å²) in [5.41, 5.74) is 1.09. The lowest BCUT2D eigenvalue weighted by Gasteiger charge is -2.13. The first-order chi connectivity index (χ1) is 7.22. The quantitative estimate of drug-likeness (QED) is 0.739. The number of Topliss-reactive ketones (excluding diaryl/α,β-unsaturated/α-hetero) is 1. The van der Waals surface area contributed by atoms with Crippen molar-refractivity contribution >= 4 is 5.78 Å². The van der Waals surface area contributed by atoms with Crippen LogP contribution in [0.5, 0.6) is 5.75 Å². The first kappa shape index (κ1) is 11.8. The Labute approximate surface area is 91.3 Å². The van der Waals surface area contributed by atoms with Crippen LogP contribution in [0.15, 0.2) is 24.3 Å². The minimum Gasteiger partial charge on any atom is -0.497 e. The number of ketones is 1. The minimum absolute atomic E-state index is 0.0425. The van der Waals surface area contributed by atoms with Gasteiger partial charge in [-0.3, -0.25) is 4.79 Å². The van der Waals surface area contributed by atoms with Crippen molar-refractivity contribution in [1.29, 1.82) is 0 Å². The predicted molar refractivity (Wildman–Crippen MR) is 61.3 cm³/mol. The summed E-state index contributed by atoms with van der Waals surface area (Å²) in [5.74, 6) is 1.18. The van der Waals surface area contributed by atoms with Crippen LogP contribution in [-0.4, -0.2) is 12.9 Å². The lowest BCUT2D eigenvalue weighted by Crippen LogP contribution is -2.10. The highest BCUT2D eigenvalue weighted by molar-refractivity contribution is 5.85. The Hall–Kier alpha value is -1.31. The molecule has 0 unspecified atom stereocenters. The zero-order valence-corrected chi connectivity index (χ0v) is 9.62. The molecule has 0 fully saturated rings. The molecule has 2 nitrogen and oxygen atoms in total. The monoisotopic (exact) mass is 206 g/mol. The highest BCUT2D eigenvalue weighted by Crippen LogP contribution is 2.23. The predicted octanol–water partition coefficient (Wildman–Crippen LogP) is 3.17. The van der Waals surface area contributed by atoms with Gasteiger partial charge < -0.3 is 4.74 Å². The fourth-order valence-corrected chi connectivity index (χ4v) is 1.73. The molecule has 15 heavy (non-hydrogen) atoms. The van der Waals surface area contributed by atoms with Gasteiger partial charge in [-0.2, -0.15) is 0 Å². The van der Waals surface area contributed by atoms with Gasteiger partial charge in [-0.15, -0.1) is 0 Å². The second-order valence-electron chi connectivity index (χ2n) is 3.55. The molecule has 82 valence electrons. The van der Waals surface area contributed by atoms with Crippen molar-refractivity contribution in [2.24, 2.45) is 0 Å². The van der Waals surface area contributed by atoms with Crippen molar-refractivity contribution < 1.29 is 9.53 Å². The molecule has 2 heteroatoms. The SMILES string of the molecule is CCC(=O)[C@H](CC)c1ccc(OC)cc1. The zero-order chi connectivity index (χ0) is 11.3.